The Morgan fingerprint density at radius 2 is 2.11 bits per heavy atom. The molecule has 0 saturated carbocycles. The van der Waals surface area contributed by atoms with E-state index >= 15 is 0 Å². The number of nitrogens with two attached hydrogens (primary N) is 1. The zero-order chi connectivity index (χ0) is 12.8. The number of anilines is 2. The van der Waals surface area contributed by atoms with Gasteiger partial charge in [-0.2, -0.15) is 0 Å². The molecule has 0 aliphatic heterocycles. The third-order valence-corrected chi connectivity index (χ3v) is 2.50. The molecule has 96 valence electrons. The van der Waals surface area contributed by atoms with Gasteiger partial charge in [0.25, 0.3) is 0 Å². The van der Waals surface area contributed by atoms with Gasteiger partial charge in [0, 0.05) is 17.6 Å². The molecule has 0 bridgehead atoms. The Morgan fingerprint density at radius 1 is 1.22 bits per heavy atom. The molecule has 5 nitrogen and oxygen atoms in total. The lowest BCUT2D eigenvalue weighted by molar-refractivity contribution is 0.0992. The molecule has 0 unspecified atom stereocenters. The van der Waals surface area contributed by atoms with E-state index in [0.717, 1.165) is 22.4 Å². The fourth-order valence-electron chi connectivity index (χ4n) is 1.66. The van der Waals surface area contributed by atoms with Crippen LogP contribution in [0.25, 0.3) is 10.9 Å². The normalized spacial score (nSPS) is 10.7. The van der Waals surface area contributed by atoms with Gasteiger partial charge in [0.2, 0.25) is 0 Å². The smallest absolute Gasteiger partial charge is 0.126 e. The molecule has 0 saturated heterocycles. The van der Waals surface area contributed by atoms with E-state index in [1.54, 1.807) is 0 Å². The maximum absolute atomic E-state index is 8.56. The minimum atomic E-state index is 0.0512. The van der Waals surface area contributed by atoms with Crippen LogP contribution in [0.5, 0.6) is 0 Å². The fourth-order valence-corrected chi connectivity index (χ4v) is 1.66. The fraction of sp³-hybridized carbons (Fsp3) is 0.308. The molecule has 4 N–H and O–H groups in total. The quantitative estimate of drug-likeness (QED) is 0.528. The van der Waals surface area contributed by atoms with Crippen LogP contribution in [-0.2, 0) is 4.74 Å². The van der Waals surface area contributed by atoms with Crippen molar-refractivity contribution in [1.29, 1.82) is 0 Å². The van der Waals surface area contributed by atoms with E-state index in [-0.39, 0.29) is 6.61 Å². The summed E-state index contributed by atoms with van der Waals surface area (Å²) in [5, 5.41) is 12.7. The molecule has 0 fully saturated rings. The first-order valence-electron chi connectivity index (χ1n) is 5.88. The second-order valence-corrected chi connectivity index (χ2v) is 3.91. The van der Waals surface area contributed by atoms with E-state index < -0.39 is 0 Å². The topological polar surface area (TPSA) is 80.4 Å². The van der Waals surface area contributed by atoms with Crippen molar-refractivity contribution >= 4 is 22.4 Å². The van der Waals surface area contributed by atoms with Gasteiger partial charge in [-0.25, -0.2) is 4.98 Å². The predicted octanol–water partition coefficient (Wildman–Crippen LogP) is 1.24. The molecule has 1 aromatic heterocycles. The summed E-state index contributed by atoms with van der Waals surface area (Å²) in [7, 11) is 0. The molecule has 1 heterocycles. The highest BCUT2D eigenvalue weighted by molar-refractivity contribution is 5.83. The van der Waals surface area contributed by atoms with E-state index in [4.69, 9.17) is 15.6 Å². The van der Waals surface area contributed by atoms with Crippen LogP contribution < -0.4 is 11.1 Å². The molecule has 18 heavy (non-hydrogen) atoms. The molecule has 0 aliphatic carbocycles. The Hall–Kier alpha value is -1.85. The van der Waals surface area contributed by atoms with Gasteiger partial charge in [0.1, 0.15) is 5.82 Å². The lowest BCUT2D eigenvalue weighted by atomic mass is 10.2. The molecule has 0 aliphatic rings. The Labute approximate surface area is 106 Å². The van der Waals surface area contributed by atoms with Gasteiger partial charge < -0.3 is 20.9 Å². The zero-order valence-electron chi connectivity index (χ0n) is 10.1. The maximum atomic E-state index is 8.56. The van der Waals surface area contributed by atoms with Crippen molar-refractivity contribution in [3.63, 3.8) is 0 Å². The molecule has 0 amide bonds. The van der Waals surface area contributed by atoms with Crippen LogP contribution in [0.2, 0.25) is 0 Å². The number of rotatable bonds is 6. The summed E-state index contributed by atoms with van der Waals surface area (Å²) in [4.78, 5) is 4.46. The monoisotopic (exact) mass is 247 g/mol. The van der Waals surface area contributed by atoms with Crippen LogP contribution in [-0.4, -0.2) is 36.5 Å². The van der Waals surface area contributed by atoms with Gasteiger partial charge in [-0.1, -0.05) is 0 Å². The minimum absolute atomic E-state index is 0.0512. The molecule has 5 heteroatoms. The van der Waals surface area contributed by atoms with Crippen molar-refractivity contribution in [3.05, 3.63) is 30.3 Å². The molecule has 2 aromatic rings. The highest BCUT2D eigenvalue weighted by Crippen LogP contribution is 2.17. The van der Waals surface area contributed by atoms with Crippen molar-refractivity contribution in [3.8, 4) is 0 Å². The van der Waals surface area contributed by atoms with Gasteiger partial charge in [0.05, 0.1) is 25.3 Å². The number of ether oxygens (including phenoxy) is 1. The van der Waals surface area contributed by atoms with Gasteiger partial charge in [0.15, 0.2) is 0 Å². The first kappa shape index (κ1) is 12.6. The van der Waals surface area contributed by atoms with Crippen LogP contribution >= 0.6 is 0 Å². The van der Waals surface area contributed by atoms with Crippen molar-refractivity contribution < 1.29 is 9.84 Å². The van der Waals surface area contributed by atoms with Crippen LogP contribution in [0.15, 0.2) is 30.3 Å². The maximum Gasteiger partial charge on any atom is 0.126 e. The van der Waals surface area contributed by atoms with E-state index in [1.807, 2.05) is 30.3 Å². The Balaban J connectivity index is 1.95. The number of hydrogen-bond donors (Lipinski definition) is 3. The minimum Gasteiger partial charge on any atom is -0.399 e. The molecule has 0 atom stereocenters. The van der Waals surface area contributed by atoms with Crippen molar-refractivity contribution in [2.24, 2.45) is 0 Å². The molecule has 0 radical (unpaired) electrons. The first-order valence-corrected chi connectivity index (χ1v) is 5.88. The summed E-state index contributed by atoms with van der Waals surface area (Å²) in [6.07, 6.45) is 0. The van der Waals surface area contributed by atoms with Crippen LogP contribution in [0.4, 0.5) is 11.5 Å². The number of aliphatic hydroxyl groups is 1. The number of nitrogen functional groups attached to an aromatic ring is 1. The average molecular weight is 247 g/mol. The number of nitrogens with one attached hydrogen (secondary N) is 1. The number of pyridine rings is 1. The second kappa shape index (κ2) is 6.18. The van der Waals surface area contributed by atoms with Crippen molar-refractivity contribution in [2.45, 2.75) is 0 Å². The molecular formula is C13H17N3O2. The zero-order valence-corrected chi connectivity index (χ0v) is 10.1. The number of hydrogen-bond acceptors (Lipinski definition) is 5. The van der Waals surface area contributed by atoms with Gasteiger partial charge in [-0.3, -0.25) is 0 Å². The highest BCUT2D eigenvalue weighted by Gasteiger charge is 1.98. The first-order chi connectivity index (χ1) is 8.79. The van der Waals surface area contributed by atoms with E-state index in [1.165, 1.54) is 0 Å². The molecule has 1 aromatic carbocycles. The lowest BCUT2D eigenvalue weighted by Gasteiger charge is -2.07. The number of aromatic nitrogens is 1. The summed E-state index contributed by atoms with van der Waals surface area (Å²) < 4.78 is 5.15. The largest absolute Gasteiger partial charge is 0.399 e. The number of aliphatic hydroxyl groups excluding tert-OH is 1. The lowest BCUT2D eigenvalue weighted by Crippen LogP contribution is -2.12. The SMILES string of the molecule is Nc1ccc2nc(NCCOCCO)ccc2c1. The van der Waals surface area contributed by atoms with Crippen molar-refractivity contribution in [2.75, 3.05) is 37.4 Å². The Morgan fingerprint density at radius 3 is 2.94 bits per heavy atom. The van der Waals surface area contributed by atoms with E-state index in [2.05, 4.69) is 10.3 Å². The third kappa shape index (κ3) is 3.32. The number of fused-ring (bicyclic) bond motifs is 1. The summed E-state index contributed by atoms with van der Waals surface area (Å²) in [6.45, 7) is 1.62. The van der Waals surface area contributed by atoms with Gasteiger partial charge in [-0.05, 0) is 30.3 Å². The van der Waals surface area contributed by atoms with Gasteiger partial charge >= 0.3 is 0 Å². The van der Waals surface area contributed by atoms with Crippen LogP contribution in [0.1, 0.15) is 0 Å². The third-order valence-electron chi connectivity index (χ3n) is 2.50. The summed E-state index contributed by atoms with van der Waals surface area (Å²) >= 11 is 0. The standard InChI is InChI=1S/C13H17N3O2/c14-11-2-3-12-10(9-11)1-4-13(16-12)15-5-7-18-8-6-17/h1-4,9,17H,5-8,14H2,(H,15,16). The molecule has 2 rings (SSSR count). The second-order valence-electron chi connectivity index (χ2n) is 3.91. The van der Waals surface area contributed by atoms with Crippen LogP contribution in [0.3, 0.4) is 0 Å². The number of nitrogens with zero attached hydrogens (tertiary/aromatic N) is 1. The highest BCUT2D eigenvalue weighted by atomic mass is 16.5. The van der Waals surface area contributed by atoms with Crippen molar-refractivity contribution in [1.82, 2.24) is 4.98 Å². The summed E-state index contributed by atoms with van der Waals surface area (Å²) in [5.41, 5.74) is 7.35. The molecular weight excluding hydrogens is 230 g/mol. The van der Waals surface area contributed by atoms with Crippen LogP contribution in [0, 0.1) is 0 Å². The summed E-state index contributed by atoms with van der Waals surface area (Å²) in [6, 6.07) is 9.53. The molecule has 0 spiro atoms. The van der Waals surface area contributed by atoms with Gasteiger partial charge in [-0.15, -0.1) is 0 Å². The predicted molar refractivity (Wildman–Crippen MR) is 72.5 cm³/mol. The summed E-state index contributed by atoms with van der Waals surface area (Å²) in [5.74, 6) is 0.805. The average Bonchev–Trinajstić information content (AvgIpc) is 2.38. The van der Waals surface area contributed by atoms with E-state index in [0.29, 0.717) is 19.8 Å². The Bertz CT molecular complexity index is 517. The van der Waals surface area contributed by atoms with E-state index in [9.17, 15) is 0 Å². The Kier molecular flexibility index (Phi) is 4.33. The number of benzene rings is 1.